The molecule has 0 saturated carbocycles. The van der Waals surface area contributed by atoms with Crippen molar-refractivity contribution in [3.63, 3.8) is 0 Å². The number of nitrogens with one attached hydrogen (secondary N) is 1. The first-order valence-corrected chi connectivity index (χ1v) is 3.43. The highest BCUT2D eigenvalue weighted by molar-refractivity contribution is 5.80. The number of amides is 1. The fraction of sp³-hybridized carbons (Fsp3) is 0.571. The third-order valence-electron chi connectivity index (χ3n) is 1.45. The molecule has 0 radical (unpaired) electrons. The summed E-state index contributed by atoms with van der Waals surface area (Å²) in [6.07, 6.45) is 3.57. The van der Waals surface area contributed by atoms with Gasteiger partial charge in [-0.3, -0.25) is 4.79 Å². The first-order valence-electron chi connectivity index (χ1n) is 3.43. The highest BCUT2D eigenvalue weighted by Crippen LogP contribution is 2.01. The van der Waals surface area contributed by atoms with Crippen LogP contribution in [0.2, 0.25) is 0 Å². The maximum absolute atomic E-state index is 11.0. The molecule has 1 heterocycles. The summed E-state index contributed by atoms with van der Waals surface area (Å²) in [6, 6.07) is 0.269. The van der Waals surface area contributed by atoms with Crippen molar-refractivity contribution >= 4 is 5.91 Å². The molecule has 0 aromatic rings. The molecule has 0 atom stereocenters. The molecule has 0 aromatic heterocycles. The molecule has 0 aromatic carbocycles. The van der Waals surface area contributed by atoms with E-state index in [-0.39, 0.29) is 11.9 Å². The monoisotopic (exact) mass is 140 g/mol. The summed E-state index contributed by atoms with van der Waals surface area (Å²) >= 11 is 0. The zero-order valence-electron chi connectivity index (χ0n) is 6.29. The summed E-state index contributed by atoms with van der Waals surface area (Å²) in [5.41, 5.74) is 0. The Bertz CT molecular complexity index is 163. The second-order valence-corrected chi connectivity index (χ2v) is 2.59. The molecule has 0 aliphatic carbocycles. The minimum Gasteiger partial charge on any atom is -0.381 e. The van der Waals surface area contributed by atoms with Crippen molar-refractivity contribution in [1.29, 1.82) is 0 Å². The van der Waals surface area contributed by atoms with Gasteiger partial charge in [0.2, 0.25) is 5.91 Å². The average Bonchev–Trinajstić information content (AvgIpc) is 1.88. The molecule has 3 heteroatoms. The maximum atomic E-state index is 11.0. The minimum absolute atomic E-state index is 0.137. The van der Waals surface area contributed by atoms with Crippen LogP contribution in [-0.4, -0.2) is 23.4 Å². The van der Waals surface area contributed by atoms with Gasteiger partial charge in [0.25, 0.3) is 0 Å². The molecule has 1 aliphatic rings. The SMILES string of the molecule is CC(C)N1C=CNCC1=O. The average molecular weight is 140 g/mol. The lowest BCUT2D eigenvalue weighted by Gasteiger charge is -2.25. The zero-order chi connectivity index (χ0) is 7.56. The fourth-order valence-electron chi connectivity index (χ4n) is 0.914. The Kier molecular flexibility index (Phi) is 1.94. The Morgan fingerprint density at radius 1 is 1.70 bits per heavy atom. The number of carbonyl (C=O) groups is 1. The lowest BCUT2D eigenvalue weighted by Crippen LogP contribution is -2.41. The summed E-state index contributed by atoms with van der Waals surface area (Å²) in [7, 11) is 0. The highest BCUT2D eigenvalue weighted by Gasteiger charge is 2.15. The van der Waals surface area contributed by atoms with Gasteiger partial charge < -0.3 is 10.2 Å². The van der Waals surface area contributed by atoms with E-state index >= 15 is 0 Å². The van der Waals surface area contributed by atoms with Gasteiger partial charge in [-0.15, -0.1) is 0 Å². The van der Waals surface area contributed by atoms with Crippen LogP contribution < -0.4 is 5.32 Å². The van der Waals surface area contributed by atoms with Crippen molar-refractivity contribution in [3.05, 3.63) is 12.4 Å². The molecule has 0 unspecified atom stereocenters. The summed E-state index contributed by atoms with van der Waals surface area (Å²) in [5, 5.41) is 2.85. The van der Waals surface area contributed by atoms with Crippen LogP contribution >= 0.6 is 0 Å². The molecule has 1 N–H and O–H groups in total. The van der Waals surface area contributed by atoms with Crippen LogP contribution in [0.3, 0.4) is 0 Å². The van der Waals surface area contributed by atoms with Crippen LogP contribution in [0, 0.1) is 0 Å². The van der Waals surface area contributed by atoms with Gasteiger partial charge in [-0.2, -0.15) is 0 Å². The molecule has 0 fully saturated rings. The first kappa shape index (κ1) is 7.12. The summed E-state index contributed by atoms with van der Waals surface area (Å²) in [5.74, 6) is 0.137. The predicted octanol–water partition coefficient (Wildman–Crippen LogP) is 0.298. The van der Waals surface area contributed by atoms with Gasteiger partial charge in [0, 0.05) is 18.4 Å². The van der Waals surface area contributed by atoms with Gasteiger partial charge in [-0.25, -0.2) is 0 Å². The van der Waals surface area contributed by atoms with Crippen molar-refractivity contribution in [2.45, 2.75) is 19.9 Å². The van der Waals surface area contributed by atoms with Crippen LogP contribution in [0.15, 0.2) is 12.4 Å². The third-order valence-corrected chi connectivity index (χ3v) is 1.45. The van der Waals surface area contributed by atoms with Crippen LogP contribution in [0.5, 0.6) is 0 Å². The van der Waals surface area contributed by atoms with E-state index in [0.717, 1.165) is 0 Å². The van der Waals surface area contributed by atoms with Crippen molar-refractivity contribution in [1.82, 2.24) is 10.2 Å². The summed E-state index contributed by atoms with van der Waals surface area (Å²) in [6.45, 7) is 4.41. The normalized spacial score (nSPS) is 17.9. The van der Waals surface area contributed by atoms with Crippen LogP contribution in [0.1, 0.15) is 13.8 Å². The van der Waals surface area contributed by atoms with Gasteiger partial charge >= 0.3 is 0 Å². The summed E-state index contributed by atoms with van der Waals surface area (Å²) in [4.78, 5) is 12.8. The minimum atomic E-state index is 0.137. The topological polar surface area (TPSA) is 32.3 Å². The molecular formula is C7H12N2O. The lowest BCUT2D eigenvalue weighted by atomic mass is 10.3. The van der Waals surface area contributed by atoms with E-state index in [0.29, 0.717) is 6.54 Å². The second-order valence-electron chi connectivity index (χ2n) is 2.59. The number of hydrogen-bond donors (Lipinski definition) is 1. The van der Waals surface area contributed by atoms with E-state index in [9.17, 15) is 4.79 Å². The van der Waals surface area contributed by atoms with Gasteiger partial charge in [-0.1, -0.05) is 0 Å². The Morgan fingerprint density at radius 2 is 2.40 bits per heavy atom. The maximum Gasteiger partial charge on any atom is 0.246 e. The van der Waals surface area contributed by atoms with Gasteiger partial charge in [-0.05, 0) is 13.8 Å². The molecule has 1 amide bonds. The molecule has 0 spiro atoms. The third kappa shape index (κ3) is 1.29. The number of nitrogens with zero attached hydrogens (tertiary/aromatic N) is 1. The van der Waals surface area contributed by atoms with Crippen molar-refractivity contribution in [2.75, 3.05) is 6.54 Å². The molecule has 0 bridgehead atoms. The molecule has 1 aliphatic heterocycles. The van der Waals surface area contributed by atoms with E-state index < -0.39 is 0 Å². The Morgan fingerprint density at radius 3 is 2.80 bits per heavy atom. The number of hydrogen-bond acceptors (Lipinski definition) is 2. The van der Waals surface area contributed by atoms with E-state index in [2.05, 4.69) is 5.32 Å². The van der Waals surface area contributed by atoms with Crippen molar-refractivity contribution in [2.24, 2.45) is 0 Å². The largest absolute Gasteiger partial charge is 0.381 e. The van der Waals surface area contributed by atoms with E-state index in [1.54, 1.807) is 17.3 Å². The zero-order valence-corrected chi connectivity index (χ0v) is 6.29. The highest BCUT2D eigenvalue weighted by atomic mass is 16.2. The van der Waals surface area contributed by atoms with E-state index in [1.807, 2.05) is 13.8 Å². The summed E-state index contributed by atoms with van der Waals surface area (Å²) < 4.78 is 0. The van der Waals surface area contributed by atoms with E-state index in [4.69, 9.17) is 0 Å². The van der Waals surface area contributed by atoms with E-state index in [1.165, 1.54) is 0 Å². The fourth-order valence-corrected chi connectivity index (χ4v) is 0.914. The molecule has 3 nitrogen and oxygen atoms in total. The second kappa shape index (κ2) is 2.73. The van der Waals surface area contributed by atoms with Gasteiger partial charge in [0.15, 0.2) is 0 Å². The Labute approximate surface area is 60.7 Å². The smallest absolute Gasteiger partial charge is 0.246 e. The van der Waals surface area contributed by atoms with Crippen LogP contribution in [-0.2, 0) is 4.79 Å². The number of carbonyl (C=O) groups excluding carboxylic acids is 1. The lowest BCUT2D eigenvalue weighted by molar-refractivity contribution is -0.129. The van der Waals surface area contributed by atoms with Gasteiger partial charge in [0.1, 0.15) is 0 Å². The Balaban J connectivity index is 2.64. The van der Waals surface area contributed by atoms with Crippen molar-refractivity contribution in [3.8, 4) is 0 Å². The van der Waals surface area contributed by atoms with Gasteiger partial charge in [0.05, 0.1) is 6.54 Å². The molecule has 1 rings (SSSR count). The number of rotatable bonds is 1. The molecular weight excluding hydrogens is 128 g/mol. The van der Waals surface area contributed by atoms with Crippen LogP contribution in [0.4, 0.5) is 0 Å². The Hall–Kier alpha value is -0.990. The molecule has 10 heavy (non-hydrogen) atoms. The quantitative estimate of drug-likeness (QED) is 0.568. The first-order chi connectivity index (χ1) is 4.72. The standard InChI is InChI=1S/C7H12N2O/c1-6(2)9-4-3-8-5-7(9)10/h3-4,6,8H,5H2,1-2H3. The van der Waals surface area contributed by atoms with Crippen LogP contribution in [0.25, 0.3) is 0 Å². The predicted molar refractivity (Wildman–Crippen MR) is 39.1 cm³/mol. The van der Waals surface area contributed by atoms with Crippen molar-refractivity contribution < 1.29 is 4.79 Å². The molecule has 56 valence electrons. The molecule has 0 saturated heterocycles.